The minimum absolute atomic E-state index is 0.0320. The molecule has 0 radical (unpaired) electrons. The van der Waals surface area contributed by atoms with Crippen molar-refractivity contribution in [2.24, 2.45) is 0 Å². The Morgan fingerprint density at radius 2 is 2.00 bits per heavy atom. The number of hydrogen-bond donors (Lipinski definition) is 1. The minimum Gasteiger partial charge on any atom is -0.492 e. The molecule has 0 bridgehead atoms. The van der Waals surface area contributed by atoms with E-state index in [-0.39, 0.29) is 35.6 Å². The predicted molar refractivity (Wildman–Crippen MR) is 92.0 cm³/mol. The summed E-state index contributed by atoms with van der Waals surface area (Å²) in [5.41, 5.74) is 0.255. The predicted octanol–water partition coefficient (Wildman–Crippen LogP) is 3.60. The number of nitrogens with zero attached hydrogens (tertiary/aromatic N) is 1. The zero-order chi connectivity index (χ0) is 18.2. The van der Waals surface area contributed by atoms with Gasteiger partial charge in [-0.1, -0.05) is 17.7 Å². The highest BCUT2D eigenvalue weighted by Crippen LogP contribution is 2.25. The number of carbonyl (C=O) groups is 1. The van der Waals surface area contributed by atoms with E-state index in [9.17, 15) is 19.3 Å². The van der Waals surface area contributed by atoms with Crippen LogP contribution in [0.4, 0.5) is 10.1 Å². The third-order valence-electron chi connectivity index (χ3n) is 3.08. The summed E-state index contributed by atoms with van der Waals surface area (Å²) in [6, 6.07) is 9.78. The molecular weight excluding hydrogens is 351 g/mol. The van der Waals surface area contributed by atoms with E-state index in [1.54, 1.807) is 6.07 Å². The number of nitrogens with one attached hydrogen (secondary N) is 1. The van der Waals surface area contributed by atoms with Crippen LogP contribution in [0.3, 0.4) is 0 Å². The van der Waals surface area contributed by atoms with E-state index >= 15 is 0 Å². The van der Waals surface area contributed by atoms with Crippen LogP contribution in [0.25, 0.3) is 6.08 Å². The molecule has 0 aromatic heterocycles. The highest BCUT2D eigenvalue weighted by molar-refractivity contribution is 6.32. The van der Waals surface area contributed by atoms with Gasteiger partial charge in [0.25, 0.3) is 5.69 Å². The molecule has 130 valence electrons. The van der Waals surface area contributed by atoms with Crippen molar-refractivity contribution >= 4 is 29.3 Å². The molecule has 25 heavy (non-hydrogen) atoms. The molecule has 6 nitrogen and oxygen atoms in total. The SMILES string of the molecule is O=C(C=Cc1ccc(Cl)c([N+](=O)[O-])c1)NCCOc1ccc(F)cc1. The zero-order valence-electron chi connectivity index (χ0n) is 12.9. The molecule has 2 rings (SSSR count). The van der Waals surface area contributed by atoms with Crippen LogP contribution in [0.2, 0.25) is 5.02 Å². The average Bonchev–Trinajstić information content (AvgIpc) is 2.59. The van der Waals surface area contributed by atoms with Crippen molar-refractivity contribution in [3.63, 3.8) is 0 Å². The van der Waals surface area contributed by atoms with Gasteiger partial charge in [0.1, 0.15) is 23.2 Å². The van der Waals surface area contributed by atoms with Crippen molar-refractivity contribution in [3.8, 4) is 5.75 Å². The molecule has 0 unspecified atom stereocenters. The summed E-state index contributed by atoms with van der Waals surface area (Å²) in [5, 5.41) is 13.4. The fraction of sp³-hybridized carbons (Fsp3) is 0.118. The van der Waals surface area contributed by atoms with Gasteiger partial charge in [-0.25, -0.2) is 4.39 Å². The van der Waals surface area contributed by atoms with Gasteiger partial charge in [0.2, 0.25) is 5.91 Å². The van der Waals surface area contributed by atoms with Crippen LogP contribution < -0.4 is 10.1 Å². The van der Waals surface area contributed by atoms with Crippen LogP contribution >= 0.6 is 11.6 Å². The molecule has 0 aliphatic heterocycles. The molecule has 0 atom stereocenters. The van der Waals surface area contributed by atoms with Crippen molar-refractivity contribution in [2.75, 3.05) is 13.2 Å². The third-order valence-corrected chi connectivity index (χ3v) is 3.40. The van der Waals surface area contributed by atoms with Crippen LogP contribution in [-0.4, -0.2) is 24.0 Å². The first kappa shape index (κ1) is 18.4. The van der Waals surface area contributed by atoms with Gasteiger partial charge in [0.05, 0.1) is 11.5 Å². The lowest BCUT2D eigenvalue weighted by Crippen LogP contribution is -2.26. The zero-order valence-corrected chi connectivity index (χ0v) is 13.7. The standard InChI is InChI=1S/C17H14ClFN2O4/c18-15-7-1-12(11-16(15)21(23)24)2-8-17(22)20-9-10-25-14-5-3-13(19)4-6-14/h1-8,11H,9-10H2,(H,20,22). The highest BCUT2D eigenvalue weighted by atomic mass is 35.5. The number of ether oxygens (including phenoxy) is 1. The normalized spacial score (nSPS) is 10.6. The van der Waals surface area contributed by atoms with E-state index in [2.05, 4.69) is 5.32 Å². The molecule has 1 N–H and O–H groups in total. The average molecular weight is 365 g/mol. The Hall–Kier alpha value is -2.93. The molecule has 2 aromatic rings. The number of amides is 1. The van der Waals surface area contributed by atoms with E-state index in [4.69, 9.17) is 16.3 Å². The van der Waals surface area contributed by atoms with Crippen molar-refractivity contribution in [2.45, 2.75) is 0 Å². The van der Waals surface area contributed by atoms with Crippen molar-refractivity contribution in [1.82, 2.24) is 5.32 Å². The fourth-order valence-corrected chi connectivity index (χ4v) is 2.06. The molecular formula is C17H14ClFN2O4. The Morgan fingerprint density at radius 3 is 2.68 bits per heavy atom. The smallest absolute Gasteiger partial charge is 0.288 e. The lowest BCUT2D eigenvalue weighted by molar-refractivity contribution is -0.384. The first-order valence-electron chi connectivity index (χ1n) is 7.24. The number of nitro groups is 1. The van der Waals surface area contributed by atoms with Crippen molar-refractivity contribution < 1.29 is 18.8 Å². The number of hydrogen-bond acceptors (Lipinski definition) is 4. The Bertz CT molecular complexity index is 794. The van der Waals surface area contributed by atoms with Crippen molar-refractivity contribution in [3.05, 3.63) is 75.1 Å². The number of carbonyl (C=O) groups excluding carboxylic acids is 1. The fourth-order valence-electron chi connectivity index (χ4n) is 1.88. The second-order valence-electron chi connectivity index (χ2n) is 4.89. The molecule has 0 fully saturated rings. The Morgan fingerprint density at radius 1 is 1.28 bits per heavy atom. The van der Waals surface area contributed by atoms with Gasteiger partial charge >= 0.3 is 0 Å². The Kier molecular flexibility index (Phi) is 6.47. The van der Waals surface area contributed by atoms with Gasteiger partial charge in [0, 0.05) is 12.1 Å². The van der Waals surface area contributed by atoms with Gasteiger partial charge in [-0.15, -0.1) is 0 Å². The van der Waals surface area contributed by atoms with Gasteiger partial charge < -0.3 is 10.1 Å². The summed E-state index contributed by atoms with van der Waals surface area (Å²) in [6.07, 6.45) is 2.70. The van der Waals surface area contributed by atoms with Gasteiger partial charge in [-0.3, -0.25) is 14.9 Å². The number of benzene rings is 2. The van der Waals surface area contributed by atoms with Crippen LogP contribution in [-0.2, 0) is 4.79 Å². The maximum atomic E-state index is 12.7. The molecule has 0 spiro atoms. The summed E-state index contributed by atoms with van der Waals surface area (Å²) in [5.74, 6) is -0.229. The second kappa shape index (κ2) is 8.79. The highest BCUT2D eigenvalue weighted by Gasteiger charge is 2.11. The monoisotopic (exact) mass is 364 g/mol. The van der Waals surface area contributed by atoms with Crippen LogP contribution in [0, 0.1) is 15.9 Å². The maximum absolute atomic E-state index is 12.7. The summed E-state index contributed by atoms with van der Waals surface area (Å²) in [6.45, 7) is 0.471. The van der Waals surface area contributed by atoms with Crippen LogP contribution in [0.1, 0.15) is 5.56 Å². The summed E-state index contributed by atoms with van der Waals surface area (Å²) >= 11 is 5.72. The summed E-state index contributed by atoms with van der Waals surface area (Å²) in [7, 11) is 0. The first-order chi connectivity index (χ1) is 12.0. The molecule has 0 aliphatic rings. The maximum Gasteiger partial charge on any atom is 0.288 e. The topological polar surface area (TPSA) is 81.5 Å². The van der Waals surface area contributed by atoms with E-state index < -0.39 is 4.92 Å². The third kappa shape index (κ3) is 5.89. The lowest BCUT2D eigenvalue weighted by atomic mass is 10.2. The molecule has 2 aromatic carbocycles. The van der Waals surface area contributed by atoms with Crippen LogP contribution in [0.15, 0.2) is 48.5 Å². The van der Waals surface area contributed by atoms with Gasteiger partial charge in [0.15, 0.2) is 0 Å². The largest absolute Gasteiger partial charge is 0.492 e. The second-order valence-corrected chi connectivity index (χ2v) is 5.30. The van der Waals surface area contributed by atoms with Gasteiger partial charge in [-0.05, 0) is 42.0 Å². The number of rotatable bonds is 7. The first-order valence-corrected chi connectivity index (χ1v) is 7.62. The number of halogens is 2. The Labute approximate surface area is 148 Å². The Balaban J connectivity index is 1.80. The minimum atomic E-state index is -0.591. The lowest BCUT2D eigenvalue weighted by Gasteiger charge is -2.06. The van der Waals surface area contributed by atoms with Crippen molar-refractivity contribution in [1.29, 1.82) is 0 Å². The molecule has 8 heteroatoms. The number of nitro benzene ring substituents is 1. The molecule has 0 aliphatic carbocycles. The molecule has 0 saturated heterocycles. The van der Waals surface area contributed by atoms with E-state index in [0.29, 0.717) is 11.3 Å². The molecule has 1 amide bonds. The van der Waals surface area contributed by atoms with Crippen LogP contribution in [0.5, 0.6) is 5.75 Å². The summed E-state index contributed by atoms with van der Waals surface area (Å²) in [4.78, 5) is 21.9. The van der Waals surface area contributed by atoms with Gasteiger partial charge in [-0.2, -0.15) is 0 Å². The quantitative estimate of drug-likeness (QED) is 0.352. The molecule has 0 heterocycles. The van der Waals surface area contributed by atoms with E-state index in [1.165, 1.54) is 48.6 Å². The summed E-state index contributed by atoms with van der Waals surface area (Å²) < 4.78 is 18.1. The van der Waals surface area contributed by atoms with E-state index in [0.717, 1.165) is 0 Å². The molecule has 0 saturated carbocycles. The van der Waals surface area contributed by atoms with E-state index in [1.807, 2.05) is 0 Å².